The lowest BCUT2D eigenvalue weighted by atomic mass is 10.1. The molecule has 0 saturated carbocycles. The fraction of sp³-hybridized carbons (Fsp3) is 0.355. The highest BCUT2D eigenvalue weighted by atomic mass is 32.2. The highest BCUT2D eigenvalue weighted by molar-refractivity contribution is 7.92. The van der Waals surface area contributed by atoms with Gasteiger partial charge >= 0.3 is 0 Å². The van der Waals surface area contributed by atoms with Crippen molar-refractivity contribution < 1.29 is 27.5 Å². The van der Waals surface area contributed by atoms with E-state index in [0.29, 0.717) is 36.8 Å². The number of para-hydroxylation sites is 1. The van der Waals surface area contributed by atoms with E-state index >= 15 is 0 Å². The zero-order chi connectivity index (χ0) is 29.8. The van der Waals surface area contributed by atoms with Gasteiger partial charge < -0.3 is 19.7 Å². The van der Waals surface area contributed by atoms with E-state index in [-0.39, 0.29) is 17.3 Å². The van der Waals surface area contributed by atoms with E-state index in [1.165, 1.54) is 17.0 Å². The number of carbonyl (C=O) groups excluding carboxylic acids is 2. The van der Waals surface area contributed by atoms with Crippen LogP contribution in [0.15, 0.2) is 83.8 Å². The van der Waals surface area contributed by atoms with Crippen molar-refractivity contribution in [3.8, 4) is 11.5 Å². The number of nitrogens with one attached hydrogen (secondary N) is 1. The van der Waals surface area contributed by atoms with E-state index in [1.807, 2.05) is 32.9 Å². The quantitative estimate of drug-likeness (QED) is 0.281. The maximum Gasteiger partial charge on any atom is 0.264 e. The lowest BCUT2D eigenvalue weighted by molar-refractivity contribution is -0.140. The molecule has 0 aliphatic carbocycles. The third kappa shape index (κ3) is 8.23. The van der Waals surface area contributed by atoms with E-state index in [2.05, 4.69) is 5.32 Å². The number of sulfonamides is 1. The van der Waals surface area contributed by atoms with Crippen LogP contribution in [-0.4, -0.2) is 58.0 Å². The summed E-state index contributed by atoms with van der Waals surface area (Å²) < 4.78 is 39.6. The summed E-state index contributed by atoms with van der Waals surface area (Å²) in [7, 11) is -2.58. The molecule has 0 fully saturated rings. The standard InChI is InChI=1S/C31H39N3O6S/c1-5-21-32-31(36)29(6-2)33(22-24-13-15-26(39-4)16-14-24)30(35)23-34(25-11-9-8-10-12-25)41(37,38)28-19-17-27(18-20-28)40-7-3/h8-20,29H,5-7,21-23H2,1-4H3,(H,32,36). The minimum absolute atomic E-state index is 0.0204. The summed E-state index contributed by atoms with van der Waals surface area (Å²) in [6.45, 7) is 6.17. The molecule has 1 unspecified atom stereocenters. The van der Waals surface area contributed by atoms with Crippen LogP contribution in [0.2, 0.25) is 0 Å². The first-order chi connectivity index (χ1) is 19.7. The van der Waals surface area contributed by atoms with Crippen molar-refractivity contribution in [1.29, 1.82) is 0 Å². The molecule has 0 aliphatic heterocycles. The molecule has 0 radical (unpaired) electrons. The number of carbonyl (C=O) groups is 2. The van der Waals surface area contributed by atoms with Crippen LogP contribution in [0.3, 0.4) is 0 Å². The van der Waals surface area contributed by atoms with Crippen molar-refractivity contribution >= 4 is 27.5 Å². The number of amides is 2. The zero-order valence-electron chi connectivity index (χ0n) is 24.1. The fourth-order valence-corrected chi connectivity index (χ4v) is 5.75. The molecule has 9 nitrogen and oxygen atoms in total. The minimum atomic E-state index is -4.15. The summed E-state index contributed by atoms with van der Waals surface area (Å²) in [5.74, 6) is 0.425. The summed E-state index contributed by atoms with van der Waals surface area (Å²) in [5, 5.41) is 2.88. The van der Waals surface area contributed by atoms with Crippen LogP contribution in [0.4, 0.5) is 5.69 Å². The summed E-state index contributed by atoms with van der Waals surface area (Å²) in [6.07, 6.45) is 1.10. The Morgan fingerprint density at radius 2 is 1.51 bits per heavy atom. The first-order valence-corrected chi connectivity index (χ1v) is 15.2. The molecular formula is C31H39N3O6S. The van der Waals surface area contributed by atoms with E-state index in [0.717, 1.165) is 16.3 Å². The Bertz CT molecular complexity index is 1360. The number of hydrogen-bond donors (Lipinski definition) is 1. The summed E-state index contributed by atoms with van der Waals surface area (Å²) in [6, 6.07) is 21.0. The van der Waals surface area contributed by atoms with Crippen LogP contribution >= 0.6 is 0 Å². The Kier molecular flexibility index (Phi) is 11.6. The Labute approximate surface area is 243 Å². The predicted octanol–water partition coefficient (Wildman–Crippen LogP) is 4.62. The van der Waals surface area contributed by atoms with Gasteiger partial charge in [-0.3, -0.25) is 13.9 Å². The van der Waals surface area contributed by atoms with Gasteiger partial charge in [0.1, 0.15) is 24.1 Å². The van der Waals surface area contributed by atoms with Crippen molar-refractivity contribution in [3.05, 3.63) is 84.4 Å². The van der Waals surface area contributed by atoms with Gasteiger partial charge in [-0.15, -0.1) is 0 Å². The summed E-state index contributed by atoms with van der Waals surface area (Å²) in [5.41, 5.74) is 1.11. The molecular weight excluding hydrogens is 542 g/mol. The van der Waals surface area contributed by atoms with Crippen molar-refractivity contribution in [2.75, 3.05) is 31.1 Å². The van der Waals surface area contributed by atoms with Gasteiger partial charge in [-0.2, -0.15) is 0 Å². The van der Waals surface area contributed by atoms with Gasteiger partial charge in [0.2, 0.25) is 11.8 Å². The second-order valence-electron chi connectivity index (χ2n) is 9.34. The molecule has 3 aromatic rings. The van der Waals surface area contributed by atoms with E-state index < -0.39 is 28.5 Å². The average molecular weight is 582 g/mol. The minimum Gasteiger partial charge on any atom is -0.497 e. The van der Waals surface area contributed by atoms with Gasteiger partial charge in [-0.1, -0.05) is 44.2 Å². The number of nitrogens with zero attached hydrogens (tertiary/aromatic N) is 2. The molecule has 0 bridgehead atoms. The topological polar surface area (TPSA) is 105 Å². The fourth-order valence-electron chi connectivity index (χ4n) is 4.34. The second kappa shape index (κ2) is 15.1. The number of benzene rings is 3. The van der Waals surface area contributed by atoms with Crippen LogP contribution in [-0.2, 0) is 26.2 Å². The number of anilines is 1. The molecule has 41 heavy (non-hydrogen) atoms. The maximum absolute atomic E-state index is 14.0. The number of rotatable bonds is 15. The molecule has 3 aromatic carbocycles. The Hall–Kier alpha value is -4.05. The van der Waals surface area contributed by atoms with Crippen molar-refractivity contribution in [2.24, 2.45) is 0 Å². The normalized spacial score (nSPS) is 11.8. The molecule has 10 heteroatoms. The molecule has 2 amide bonds. The van der Waals surface area contributed by atoms with E-state index in [4.69, 9.17) is 9.47 Å². The van der Waals surface area contributed by atoms with Crippen molar-refractivity contribution in [3.63, 3.8) is 0 Å². The van der Waals surface area contributed by atoms with Crippen LogP contribution in [0, 0.1) is 0 Å². The van der Waals surface area contributed by atoms with Gasteiger partial charge in [0.15, 0.2) is 0 Å². The Morgan fingerprint density at radius 1 is 0.878 bits per heavy atom. The van der Waals surface area contributed by atoms with Crippen molar-refractivity contribution in [2.45, 2.75) is 51.1 Å². The predicted molar refractivity (Wildman–Crippen MR) is 160 cm³/mol. The highest BCUT2D eigenvalue weighted by Crippen LogP contribution is 2.26. The maximum atomic E-state index is 14.0. The molecule has 0 heterocycles. The van der Waals surface area contributed by atoms with Gasteiger partial charge in [0, 0.05) is 13.1 Å². The first kappa shape index (κ1) is 31.5. The van der Waals surface area contributed by atoms with Gasteiger partial charge in [-0.25, -0.2) is 8.42 Å². The van der Waals surface area contributed by atoms with Gasteiger partial charge in [-0.05, 0) is 73.9 Å². The van der Waals surface area contributed by atoms with E-state index in [9.17, 15) is 18.0 Å². The summed E-state index contributed by atoms with van der Waals surface area (Å²) >= 11 is 0. The average Bonchev–Trinajstić information content (AvgIpc) is 2.99. The zero-order valence-corrected chi connectivity index (χ0v) is 24.9. The highest BCUT2D eigenvalue weighted by Gasteiger charge is 2.33. The largest absolute Gasteiger partial charge is 0.497 e. The molecule has 0 aromatic heterocycles. The molecule has 220 valence electrons. The number of ether oxygens (including phenoxy) is 2. The third-order valence-corrected chi connectivity index (χ3v) is 8.28. The van der Waals surface area contributed by atoms with Crippen molar-refractivity contribution in [1.82, 2.24) is 10.2 Å². The second-order valence-corrected chi connectivity index (χ2v) is 11.2. The third-order valence-electron chi connectivity index (χ3n) is 6.49. The Morgan fingerprint density at radius 3 is 2.07 bits per heavy atom. The molecule has 3 rings (SSSR count). The monoisotopic (exact) mass is 581 g/mol. The molecule has 0 saturated heterocycles. The Balaban J connectivity index is 2.01. The van der Waals surface area contributed by atoms with Crippen LogP contribution in [0.25, 0.3) is 0 Å². The molecule has 1 N–H and O–H groups in total. The number of methoxy groups -OCH3 is 1. The van der Waals surface area contributed by atoms with Crippen LogP contribution in [0.1, 0.15) is 39.2 Å². The molecule has 0 aliphatic rings. The van der Waals surface area contributed by atoms with Gasteiger partial charge in [0.05, 0.1) is 24.3 Å². The van der Waals surface area contributed by atoms with Gasteiger partial charge in [0.25, 0.3) is 10.0 Å². The molecule has 1 atom stereocenters. The molecule has 0 spiro atoms. The van der Waals surface area contributed by atoms with E-state index in [1.54, 1.807) is 61.7 Å². The van der Waals surface area contributed by atoms with Crippen LogP contribution < -0.4 is 19.1 Å². The lowest BCUT2D eigenvalue weighted by Gasteiger charge is -2.33. The smallest absolute Gasteiger partial charge is 0.264 e. The first-order valence-electron chi connectivity index (χ1n) is 13.8. The summed E-state index contributed by atoms with van der Waals surface area (Å²) in [4.78, 5) is 28.7. The SMILES string of the molecule is CCCNC(=O)C(CC)N(Cc1ccc(OC)cc1)C(=O)CN(c1ccccc1)S(=O)(=O)c1ccc(OCC)cc1. The van der Waals surface area contributed by atoms with Crippen LogP contribution in [0.5, 0.6) is 11.5 Å². The number of hydrogen-bond acceptors (Lipinski definition) is 6. The lowest BCUT2D eigenvalue weighted by Crippen LogP contribution is -2.52.